The molecule has 1 N–H and O–H groups in total. The van der Waals surface area contributed by atoms with E-state index in [0.717, 1.165) is 17.8 Å². The molecule has 10 heteroatoms. The van der Waals surface area contributed by atoms with Crippen LogP contribution in [0, 0.1) is 11.3 Å². The van der Waals surface area contributed by atoms with Crippen molar-refractivity contribution >= 4 is 40.9 Å². The molecule has 0 radical (unpaired) electrons. The van der Waals surface area contributed by atoms with E-state index in [1.807, 2.05) is 19.0 Å². The zero-order chi connectivity index (χ0) is 24.1. The number of nitrogens with one attached hydrogen (secondary N) is 1. The first-order valence-electron chi connectivity index (χ1n) is 9.20. The van der Waals surface area contributed by atoms with Crippen molar-refractivity contribution in [2.45, 2.75) is 19.2 Å². The number of hydrogen-bond donors (Lipinski definition) is 1. The van der Waals surface area contributed by atoms with Gasteiger partial charge < -0.3 is 15.0 Å². The molecule has 0 fully saturated rings. The molecule has 0 aliphatic rings. The van der Waals surface area contributed by atoms with Gasteiger partial charge in [-0.1, -0.05) is 23.7 Å². The minimum atomic E-state index is -4.63. The highest BCUT2D eigenvalue weighted by Crippen LogP contribution is 2.33. The summed E-state index contributed by atoms with van der Waals surface area (Å²) >= 11 is 5.85. The zero-order valence-corrected chi connectivity index (χ0v) is 18.1. The van der Waals surface area contributed by atoms with Gasteiger partial charge >= 0.3 is 12.1 Å². The van der Waals surface area contributed by atoms with E-state index in [9.17, 15) is 28.0 Å². The molecule has 6 nitrogen and oxygen atoms in total. The van der Waals surface area contributed by atoms with Crippen molar-refractivity contribution < 1.29 is 27.5 Å². The van der Waals surface area contributed by atoms with Crippen LogP contribution in [-0.2, 0) is 20.5 Å². The third-order valence-corrected chi connectivity index (χ3v) is 4.60. The average molecular weight is 466 g/mol. The summed E-state index contributed by atoms with van der Waals surface area (Å²) < 4.78 is 43.6. The fraction of sp³-hybridized carbons (Fsp3) is 0.227. The minimum absolute atomic E-state index is 0.122. The molecule has 32 heavy (non-hydrogen) atoms. The van der Waals surface area contributed by atoms with E-state index >= 15 is 0 Å². The molecular weight excluding hydrogens is 447 g/mol. The molecule has 1 atom stereocenters. The summed E-state index contributed by atoms with van der Waals surface area (Å²) in [5.74, 6) is -1.96. The monoisotopic (exact) mass is 465 g/mol. The van der Waals surface area contributed by atoms with Crippen molar-refractivity contribution in [2.24, 2.45) is 0 Å². The van der Waals surface area contributed by atoms with Gasteiger partial charge in [-0.3, -0.25) is 4.79 Å². The first kappa shape index (κ1) is 24.8. The van der Waals surface area contributed by atoms with Gasteiger partial charge in [-0.2, -0.15) is 18.4 Å². The number of carbonyl (C=O) groups is 2. The Bertz CT molecular complexity index is 1070. The van der Waals surface area contributed by atoms with Crippen LogP contribution < -0.4 is 10.2 Å². The van der Waals surface area contributed by atoms with Gasteiger partial charge in [-0.15, -0.1) is 0 Å². The van der Waals surface area contributed by atoms with Gasteiger partial charge in [0.1, 0.15) is 11.6 Å². The summed E-state index contributed by atoms with van der Waals surface area (Å²) in [6, 6.07) is 11.1. The lowest BCUT2D eigenvalue weighted by molar-refractivity contribution is -0.148. The van der Waals surface area contributed by atoms with E-state index in [2.05, 4.69) is 5.32 Å². The number of anilines is 2. The Hall–Kier alpha value is -3.51. The maximum Gasteiger partial charge on any atom is 0.416 e. The molecule has 2 aromatic carbocycles. The number of esters is 1. The van der Waals surface area contributed by atoms with E-state index in [1.54, 1.807) is 30.3 Å². The fourth-order valence-electron chi connectivity index (χ4n) is 2.48. The highest BCUT2D eigenvalue weighted by atomic mass is 35.5. The van der Waals surface area contributed by atoms with Crippen LogP contribution in [-0.4, -0.2) is 32.1 Å². The molecule has 0 unspecified atom stereocenters. The topological polar surface area (TPSA) is 82.4 Å². The summed E-state index contributed by atoms with van der Waals surface area (Å²) in [5.41, 5.74) is -0.152. The van der Waals surface area contributed by atoms with Gasteiger partial charge in [0, 0.05) is 19.8 Å². The van der Waals surface area contributed by atoms with Crippen LogP contribution >= 0.6 is 11.6 Å². The molecule has 0 spiro atoms. The molecule has 0 saturated carbocycles. The number of carbonyl (C=O) groups excluding carboxylic acids is 2. The van der Waals surface area contributed by atoms with Crippen molar-refractivity contribution in [1.82, 2.24) is 0 Å². The molecule has 0 aliphatic heterocycles. The van der Waals surface area contributed by atoms with E-state index in [0.29, 0.717) is 11.6 Å². The quantitative estimate of drug-likeness (QED) is 0.372. The largest absolute Gasteiger partial charge is 0.448 e. The Morgan fingerprint density at radius 3 is 2.34 bits per heavy atom. The molecule has 0 heterocycles. The van der Waals surface area contributed by atoms with Gasteiger partial charge in [-0.05, 0) is 48.9 Å². The zero-order valence-electron chi connectivity index (χ0n) is 17.3. The first-order chi connectivity index (χ1) is 14.9. The lowest BCUT2D eigenvalue weighted by Crippen LogP contribution is -2.30. The molecule has 2 aromatic rings. The van der Waals surface area contributed by atoms with E-state index < -0.39 is 29.7 Å². The average Bonchev–Trinajstić information content (AvgIpc) is 2.72. The van der Waals surface area contributed by atoms with Crippen molar-refractivity contribution in [2.75, 3.05) is 24.3 Å². The number of benzene rings is 2. The highest BCUT2D eigenvalue weighted by Gasteiger charge is 2.31. The predicted molar refractivity (Wildman–Crippen MR) is 115 cm³/mol. The second kappa shape index (κ2) is 10.2. The number of alkyl halides is 3. The Balaban J connectivity index is 2.10. The van der Waals surface area contributed by atoms with Gasteiger partial charge in [0.25, 0.3) is 5.91 Å². The lowest BCUT2D eigenvalue weighted by Gasteiger charge is -2.15. The molecule has 0 saturated heterocycles. The third kappa shape index (κ3) is 6.49. The van der Waals surface area contributed by atoms with Crippen molar-refractivity contribution in [1.29, 1.82) is 5.26 Å². The summed E-state index contributed by atoms with van der Waals surface area (Å²) in [6.45, 7) is 1.22. The van der Waals surface area contributed by atoms with Crippen LogP contribution in [0.15, 0.2) is 48.0 Å². The second-order valence-corrected chi connectivity index (χ2v) is 7.29. The summed E-state index contributed by atoms with van der Waals surface area (Å²) in [4.78, 5) is 26.5. The summed E-state index contributed by atoms with van der Waals surface area (Å²) in [5, 5.41) is 11.4. The van der Waals surface area contributed by atoms with Gasteiger partial charge in [0.05, 0.1) is 16.3 Å². The van der Waals surface area contributed by atoms with Crippen molar-refractivity contribution in [3.8, 4) is 6.07 Å². The van der Waals surface area contributed by atoms with E-state index in [1.165, 1.54) is 13.0 Å². The second-order valence-electron chi connectivity index (χ2n) is 6.88. The maximum absolute atomic E-state index is 12.9. The molecule has 1 amide bonds. The van der Waals surface area contributed by atoms with Crippen LogP contribution in [0.3, 0.4) is 0 Å². The number of halogens is 4. The normalized spacial score (nSPS) is 12.5. The first-order valence-corrected chi connectivity index (χ1v) is 9.58. The Morgan fingerprint density at radius 1 is 1.19 bits per heavy atom. The van der Waals surface area contributed by atoms with Crippen molar-refractivity contribution in [3.63, 3.8) is 0 Å². The standard InChI is InChI=1S/C22H19ClF3N3O3/c1-13(20(30)28-19-11-16(22(24,25)26)6-9-18(19)23)32-21(31)15(12-27)10-14-4-7-17(8-5-14)29(2)3/h4-11,13H,1-3H3,(H,28,30)/b15-10-/t13-/m0/s1. The highest BCUT2D eigenvalue weighted by molar-refractivity contribution is 6.33. The number of hydrogen-bond acceptors (Lipinski definition) is 5. The summed E-state index contributed by atoms with van der Waals surface area (Å²) in [6.07, 6.45) is -4.73. The fourth-order valence-corrected chi connectivity index (χ4v) is 2.65. The molecule has 168 valence electrons. The third-order valence-electron chi connectivity index (χ3n) is 4.27. The SMILES string of the molecule is C[C@H](OC(=O)/C(C#N)=C\c1ccc(N(C)C)cc1)C(=O)Nc1cc(C(F)(F)F)ccc1Cl. The predicted octanol–water partition coefficient (Wildman–Crippen LogP) is 4.90. The smallest absolute Gasteiger partial charge is 0.416 e. The van der Waals surface area contributed by atoms with Crippen LogP contribution in [0.1, 0.15) is 18.1 Å². The van der Waals surface area contributed by atoms with Crippen LogP contribution in [0.5, 0.6) is 0 Å². The van der Waals surface area contributed by atoms with E-state index in [4.69, 9.17) is 16.3 Å². The number of nitrogens with zero attached hydrogens (tertiary/aromatic N) is 2. The van der Waals surface area contributed by atoms with Crippen molar-refractivity contribution in [3.05, 3.63) is 64.2 Å². The van der Waals surface area contributed by atoms with Crippen LogP contribution in [0.2, 0.25) is 5.02 Å². The number of ether oxygens (including phenoxy) is 1. The van der Waals surface area contributed by atoms with E-state index in [-0.39, 0.29) is 16.3 Å². The molecule has 0 aliphatic carbocycles. The Labute approximate surface area is 187 Å². The van der Waals surface area contributed by atoms with Gasteiger partial charge in [0.15, 0.2) is 6.10 Å². The molecule has 2 rings (SSSR count). The Kier molecular flexibility index (Phi) is 7.89. The van der Waals surface area contributed by atoms with Gasteiger partial charge in [-0.25, -0.2) is 4.79 Å². The molecule has 0 bridgehead atoms. The van der Waals surface area contributed by atoms with Gasteiger partial charge in [0.2, 0.25) is 0 Å². The number of rotatable bonds is 6. The lowest BCUT2D eigenvalue weighted by atomic mass is 10.1. The molecular formula is C22H19ClF3N3O3. The maximum atomic E-state index is 12.9. The van der Waals surface area contributed by atoms with Crippen LogP contribution in [0.4, 0.5) is 24.5 Å². The minimum Gasteiger partial charge on any atom is -0.448 e. The number of amides is 1. The number of nitriles is 1. The van der Waals surface area contributed by atoms with Crippen LogP contribution in [0.25, 0.3) is 6.08 Å². The summed E-state index contributed by atoms with van der Waals surface area (Å²) in [7, 11) is 3.73. The Morgan fingerprint density at radius 2 is 1.81 bits per heavy atom. The molecule has 0 aromatic heterocycles.